The molecule has 1 unspecified atom stereocenters. The average Bonchev–Trinajstić information content (AvgIpc) is 2.57. The molecule has 4 nitrogen and oxygen atoms in total. The van der Waals surface area contributed by atoms with Crippen LogP contribution in [0, 0.1) is 0 Å². The van der Waals surface area contributed by atoms with Crippen LogP contribution >= 0.6 is 0 Å². The van der Waals surface area contributed by atoms with Gasteiger partial charge in [0.2, 0.25) is 0 Å². The second kappa shape index (κ2) is 4.16. The summed E-state index contributed by atoms with van der Waals surface area (Å²) in [5.74, 6) is 0.272. The van der Waals surface area contributed by atoms with Crippen molar-refractivity contribution in [1.29, 1.82) is 0 Å². The lowest BCUT2D eigenvalue weighted by atomic mass is 10.4. The van der Waals surface area contributed by atoms with E-state index in [1.807, 2.05) is 26.0 Å². The van der Waals surface area contributed by atoms with Crippen LogP contribution in [0.3, 0.4) is 0 Å². The third-order valence-electron chi connectivity index (χ3n) is 2.14. The lowest BCUT2D eigenvalue weighted by Crippen LogP contribution is -2.25. The van der Waals surface area contributed by atoms with Gasteiger partial charge >= 0.3 is 0 Å². The van der Waals surface area contributed by atoms with E-state index >= 15 is 0 Å². The summed E-state index contributed by atoms with van der Waals surface area (Å²) >= 11 is 0. The highest BCUT2D eigenvalue weighted by Gasteiger charge is 2.32. The van der Waals surface area contributed by atoms with E-state index in [0.29, 0.717) is 13.2 Å². The van der Waals surface area contributed by atoms with Crippen molar-refractivity contribution in [3.05, 3.63) is 24.5 Å². The maximum atomic E-state index is 5.60. The predicted molar refractivity (Wildman–Crippen MR) is 54.6 cm³/mol. The molecular weight excluding hydrogens is 194 g/mol. The van der Waals surface area contributed by atoms with Gasteiger partial charge in [0, 0.05) is 6.20 Å². The molecule has 82 valence electrons. The van der Waals surface area contributed by atoms with Crippen molar-refractivity contribution in [2.75, 3.05) is 13.2 Å². The van der Waals surface area contributed by atoms with Crippen LogP contribution in [0.5, 0.6) is 5.75 Å². The van der Waals surface area contributed by atoms with Gasteiger partial charge in [-0.1, -0.05) is 0 Å². The Kier molecular flexibility index (Phi) is 2.88. The Morgan fingerprint density at radius 2 is 2.47 bits per heavy atom. The highest BCUT2D eigenvalue weighted by molar-refractivity contribution is 5.15. The monoisotopic (exact) mass is 209 g/mol. The third kappa shape index (κ3) is 2.91. The Labute approximate surface area is 89.2 Å². The summed E-state index contributed by atoms with van der Waals surface area (Å²) in [5.41, 5.74) is 0. The summed E-state index contributed by atoms with van der Waals surface area (Å²) < 4.78 is 16.5. The number of ether oxygens (including phenoxy) is 3. The molecule has 0 saturated carbocycles. The van der Waals surface area contributed by atoms with Gasteiger partial charge in [-0.25, -0.2) is 0 Å². The molecule has 0 aromatic carbocycles. The number of aromatic nitrogens is 1. The molecule has 1 fully saturated rings. The summed E-state index contributed by atoms with van der Waals surface area (Å²) in [6.45, 7) is 4.87. The summed E-state index contributed by atoms with van der Waals surface area (Å²) in [5, 5.41) is 0. The molecule has 0 amide bonds. The van der Waals surface area contributed by atoms with Crippen molar-refractivity contribution >= 4 is 0 Å². The van der Waals surface area contributed by atoms with Gasteiger partial charge in [0.15, 0.2) is 5.79 Å². The average molecular weight is 209 g/mol. The molecular formula is C11H15NO3. The zero-order chi connectivity index (χ0) is 10.7. The van der Waals surface area contributed by atoms with Gasteiger partial charge in [-0.2, -0.15) is 0 Å². The van der Waals surface area contributed by atoms with Crippen LogP contribution < -0.4 is 4.74 Å². The Balaban J connectivity index is 1.80. The number of hydrogen-bond acceptors (Lipinski definition) is 4. The second-order valence-corrected chi connectivity index (χ2v) is 3.95. The Morgan fingerprint density at radius 1 is 1.60 bits per heavy atom. The minimum absolute atomic E-state index is 0.000191. The zero-order valence-corrected chi connectivity index (χ0v) is 8.97. The first-order chi connectivity index (χ1) is 7.16. The normalized spacial score (nSPS) is 24.0. The van der Waals surface area contributed by atoms with E-state index in [4.69, 9.17) is 14.2 Å². The molecule has 2 heterocycles. The summed E-state index contributed by atoms with van der Waals surface area (Å²) in [7, 11) is 0. The van der Waals surface area contributed by atoms with Gasteiger partial charge in [-0.3, -0.25) is 4.98 Å². The molecule has 0 bridgehead atoms. The van der Waals surface area contributed by atoms with Crippen LogP contribution in [-0.4, -0.2) is 30.1 Å². The maximum Gasteiger partial charge on any atom is 0.163 e. The number of rotatable bonds is 3. The fraction of sp³-hybridized carbons (Fsp3) is 0.545. The van der Waals surface area contributed by atoms with E-state index in [1.165, 1.54) is 0 Å². The summed E-state index contributed by atoms with van der Waals surface area (Å²) in [6.07, 6.45) is 3.40. The van der Waals surface area contributed by atoms with E-state index < -0.39 is 5.79 Å². The minimum atomic E-state index is -0.483. The molecule has 0 spiro atoms. The molecule has 0 radical (unpaired) electrons. The Morgan fingerprint density at radius 3 is 3.07 bits per heavy atom. The predicted octanol–water partition coefficient (Wildman–Crippen LogP) is 1.61. The SMILES string of the molecule is CC1(C)OCC(COc2cccnc2)O1. The van der Waals surface area contributed by atoms with Crippen molar-refractivity contribution in [2.45, 2.75) is 25.7 Å². The molecule has 0 N–H and O–H groups in total. The summed E-state index contributed by atoms with van der Waals surface area (Å²) in [4.78, 5) is 3.96. The molecule has 4 heteroatoms. The van der Waals surface area contributed by atoms with Crippen LogP contribution in [0.15, 0.2) is 24.5 Å². The van der Waals surface area contributed by atoms with Gasteiger partial charge in [-0.15, -0.1) is 0 Å². The van der Waals surface area contributed by atoms with Crippen molar-refractivity contribution in [3.63, 3.8) is 0 Å². The topological polar surface area (TPSA) is 40.6 Å². The van der Waals surface area contributed by atoms with E-state index in [9.17, 15) is 0 Å². The molecule has 1 atom stereocenters. The molecule has 1 aromatic rings. The van der Waals surface area contributed by atoms with Crippen molar-refractivity contribution < 1.29 is 14.2 Å². The van der Waals surface area contributed by atoms with E-state index in [2.05, 4.69) is 4.98 Å². The van der Waals surface area contributed by atoms with Gasteiger partial charge in [0.25, 0.3) is 0 Å². The van der Waals surface area contributed by atoms with Crippen molar-refractivity contribution in [3.8, 4) is 5.75 Å². The summed E-state index contributed by atoms with van der Waals surface area (Å²) in [6, 6.07) is 3.71. The Hall–Kier alpha value is -1.13. The van der Waals surface area contributed by atoms with Crippen LogP contribution in [-0.2, 0) is 9.47 Å². The molecule has 1 aliphatic rings. The van der Waals surface area contributed by atoms with Crippen LogP contribution in [0.2, 0.25) is 0 Å². The number of hydrogen-bond donors (Lipinski definition) is 0. The second-order valence-electron chi connectivity index (χ2n) is 3.95. The largest absolute Gasteiger partial charge is 0.489 e. The lowest BCUT2D eigenvalue weighted by molar-refractivity contribution is -0.141. The first kappa shape index (κ1) is 10.4. The molecule has 1 aliphatic heterocycles. The maximum absolute atomic E-state index is 5.60. The van der Waals surface area contributed by atoms with Crippen LogP contribution in [0.25, 0.3) is 0 Å². The number of pyridine rings is 1. The van der Waals surface area contributed by atoms with Crippen molar-refractivity contribution in [2.24, 2.45) is 0 Å². The molecule has 0 aliphatic carbocycles. The first-order valence-corrected chi connectivity index (χ1v) is 5.00. The smallest absolute Gasteiger partial charge is 0.163 e. The fourth-order valence-corrected chi connectivity index (χ4v) is 1.47. The van der Waals surface area contributed by atoms with E-state index in [1.54, 1.807) is 12.4 Å². The lowest BCUT2D eigenvalue weighted by Gasteiger charge is -2.17. The fourth-order valence-electron chi connectivity index (χ4n) is 1.47. The Bertz CT molecular complexity index is 313. The van der Waals surface area contributed by atoms with Gasteiger partial charge < -0.3 is 14.2 Å². The van der Waals surface area contributed by atoms with E-state index in [0.717, 1.165) is 5.75 Å². The number of nitrogens with zero attached hydrogens (tertiary/aromatic N) is 1. The van der Waals surface area contributed by atoms with Gasteiger partial charge in [0.05, 0.1) is 12.8 Å². The standard InChI is InChI=1S/C11H15NO3/c1-11(2)14-8-10(15-11)7-13-9-4-3-5-12-6-9/h3-6,10H,7-8H2,1-2H3. The molecule has 1 aromatic heterocycles. The minimum Gasteiger partial charge on any atom is -0.489 e. The molecule has 1 saturated heterocycles. The van der Waals surface area contributed by atoms with Crippen molar-refractivity contribution in [1.82, 2.24) is 4.98 Å². The zero-order valence-electron chi connectivity index (χ0n) is 8.97. The quantitative estimate of drug-likeness (QED) is 0.758. The van der Waals surface area contributed by atoms with Crippen LogP contribution in [0.4, 0.5) is 0 Å². The van der Waals surface area contributed by atoms with E-state index in [-0.39, 0.29) is 6.10 Å². The highest BCUT2D eigenvalue weighted by atomic mass is 16.7. The molecule has 2 rings (SSSR count). The first-order valence-electron chi connectivity index (χ1n) is 5.00. The third-order valence-corrected chi connectivity index (χ3v) is 2.14. The highest BCUT2D eigenvalue weighted by Crippen LogP contribution is 2.22. The van der Waals surface area contributed by atoms with Crippen LogP contribution in [0.1, 0.15) is 13.8 Å². The van der Waals surface area contributed by atoms with Gasteiger partial charge in [0.1, 0.15) is 18.5 Å². The van der Waals surface area contributed by atoms with Gasteiger partial charge in [-0.05, 0) is 26.0 Å². The molecule has 15 heavy (non-hydrogen) atoms.